The average Bonchev–Trinajstić information content (AvgIpc) is 3.16. The predicted molar refractivity (Wildman–Crippen MR) is 83.2 cm³/mol. The summed E-state index contributed by atoms with van der Waals surface area (Å²) in [4.78, 5) is 8.46. The van der Waals surface area contributed by atoms with Gasteiger partial charge < -0.3 is 9.67 Å². The topological polar surface area (TPSA) is 68.8 Å². The lowest BCUT2D eigenvalue weighted by molar-refractivity contribution is 0.104. The van der Waals surface area contributed by atoms with E-state index in [2.05, 4.69) is 21.6 Å². The molecule has 1 N–H and O–H groups in total. The molecule has 1 atom stereocenters. The van der Waals surface area contributed by atoms with Crippen LogP contribution in [0.25, 0.3) is 6.20 Å². The van der Waals surface area contributed by atoms with E-state index in [0.717, 1.165) is 0 Å². The van der Waals surface area contributed by atoms with Crippen LogP contribution in [0.1, 0.15) is 17.2 Å². The van der Waals surface area contributed by atoms with E-state index < -0.39 is 5.60 Å². The fourth-order valence-electron chi connectivity index (χ4n) is 2.29. The van der Waals surface area contributed by atoms with E-state index in [4.69, 9.17) is 11.6 Å². The normalized spacial score (nSPS) is 13.8. The molecule has 0 aliphatic rings. The molecule has 0 radical (unpaired) electrons. The van der Waals surface area contributed by atoms with Gasteiger partial charge >= 0.3 is 0 Å². The van der Waals surface area contributed by atoms with Gasteiger partial charge in [0, 0.05) is 30.7 Å². The fraction of sp³-hybridized carbons (Fsp3) is 0.133. The third kappa shape index (κ3) is 2.22. The van der Waals surface area contributed by atoms with Gasteiger partial charge in [-0.3, -0.25) is 4.68 Å². The molecule has 0 saturated heterocycles. The second kappa shape index (κ2) is 5.40. The molecule has 7 heteroatoms. The highest BCUT2D eigenvalue weighted by Crippen LogP contribution is 2.34. The Labute approximate surface area is 132 Å². The maximum atomic E-state index is 11.4. The average molecular weight is 316 g/mol. The molecule has 3 aromatic rings. The van der Waals surface area contributed by atoms with Crippen LogP contribution in [0.2, 0.25) is 5.02 Å². The van der Waals surface area contributed by atoms with E-state index in [1.165, 1.54) is 11.0 Å². The molecule has 1 aromatic carbocycles. The molecule has 0 bridgehead atoms. The van der Waals surface area contributed by atoms with E-state index in [0.29, 0.717) is 16.4 Å². The first kappa shape index (κ1) is 14.5. The number of halogens is 1. The first-order chi connectivity index (χ1) is 10.6. The molecule has 0 fully saturated rings. The molecule has 0 aliphatic carbocycles. The van der Waals surface area contributed by atoms with Gasteiger partial charge in [-0.1, -0.05) is 30.3 Å². The largest absolute Gasteiger partial charge is 0.371 e. The summed E-state index contributed by atoms with van der Waals surface area (Å²) < 4.78 is 3.16. The van der Waals surface area contributed by atoms with Crippen molar-refractivity contribution in [1.29, 1.82) is 0 Å². The maximum Gasteiger partial charge on any atom is 0.210 e. The van der Waals surface area contributed by atoms with Crippen LogP contribution in [0.4, 0.5) is 0 Å². The van der Waals surface area contributed by atoms with Gasteiger partial charge in [0.05, 0.1) is 0 Å². The van der Waals surface area contributed by atoms with Crippen LogP contribution in [-0.2, 0) is 12.6 Å². The molecule has 112 valence electrons. The molecule has 0 aliphatic heterocycles. The summed E-state index contributed by atoms with van der Waals surface area (Å²) in [6, 6.07) is 6.85. The highest BCUT2D eigenvalue weighted by Gasteiger charge is 2.41. The Morgan fingerprint density at radius 3 is 2.59 bits per heavy atom. The number of hydrogen-bond acceptors (Lipinski definition) is 4. The van der Waals surface area contributed by atoms with Gasteiger partial charge in [0.2, 0.25) is 5.60 Å². The zero-order valence-electron chi connectivity index (χ0n) is 11.9. The molecule has 0 saturated carbocycles. The van der Waals surface area contributed by atoms with Crippen molar-refractivity contribution >= 4 is 17.8 Å². The monoisotopic (exact) mass is 315 g/mol. The minimum absolute atomic E-state index is 0.228. The Morgan fingerprint density at radius 1 is 1.27 bits per heavy atom. The molecule has 0 amide bonds. The van der Waals surface area contributed by atoms with Crippen molar-refractivity contribution < 1.29 is 5.11 Å². The van der Waals surface area contributed by atoms with Crippen molar-refractivity contribution in [2.75, 3.05) is 0 Å². The standard InChI is InChI=1S/C15H14ClN5O/c1-3-21-9-8-17-14(21)15(22,13-18-10-20(2)19-13)11-4-6-12(16)7-5-11/h3-10,22H,1H2,2H3. The van der Waals surface area contributed by atoms with Gasteiger partial charge in [-0.05, 0) is 17.7 Å². The second-order valence-electron chi connectivity index (χ2n) is 4.80. The third-order valence-electron chi connectivity index (χ3n) is 3.37. The van der Waals surface area contributed by atoms with Gasteiger partial charge in [0.25, 0.3) is 0 Å². The fourth-order valence-corrected chi connectivity index (χ4v) is 2.42. The van der Waals surface area contributed by atoms with Crippen LogP contribution in [0.15, 0.2) is 49.6 Å². The minimum atomic E-state index is -1.61. The highest BCUT2D eigenvalue weighted by molar-refractivity contribution is 6.30. The quantitative estimate of drug-likeness (QED) is 0.800. The number of imidazole rings is 1. The van der Waals surface area contributed by atoms with Crippen LogP contribution in [0, 0.1) is 0 Å². The summed E-state index contributed by atoms with van der Waals surface area (Å²) in [5.41, 5.74) is -1.04. The van der Waals surface area contributed by atoms with Gasteiger partial charge in [-0.15, -0.1) is 0 Å². The molecular weight excluding hydrogens is 302 g/mol. The molecule has 1 unspecified atom stereocenters. The zero-order valence-corrected chi connectivity index (χ0v) is 12.6. The van der Waals surface area contributed by atoms with Gasteiger partial charge in [0.1, 0.15) is 6.33 Å². The Balaban J connectivity index is 2.26. The lowest BCUT2D eigenvalue weighted by atomic mass is 9.92. The summed E-state index contributed by atoms with van der Waals surface area (Å²) in [6.45, 7) is 3.73. The van der Waals surface area contributed by atoms with Crippen molar-refractivity contribution in [3.05, 3.63) is 71.8 Å². The molecule has 22 heavy (non-hydrogen) atoms. The van der Waals surface area contributed by atoms with Crippen LogP contribution in [-0.4, -0.2) is 29.4 Å². The van der Waals surface area contributed by atoms with Crippen molar-refractivity contribution in [3.8, 4) is 0 Å². The first-order valence-electron chi connectivity index (χ1n) is 6.56. The Kier molecular flexibility index (Phi) is 3.56. The number of hydrogen-bond donors (Lipinski definition) is 1. The molecule has 6 nitrogen and oxygen atoms in total. The van der Waals surface area contributed by atoms with E-state index in [9.17, 15) is 5.11 Å². The number of aryl methyl sites for hydroxylation is 1. The van der Waals surface area contributed by atoms with Crippen LogP contribution in [0.5, 0.6) is 0 Å². The number of nitrogens with zero attached hydrogens (tertiary/aromatic N) is 5. The van der Waals surface area contributed by atoms with E-state index in [1.54, 1.807) is 54.5 Å². The molecule has 2 heterocycles. The van der Waals surface area contributed by atoms with Crippen molar-refractivity contribution in [3.63, 3.8) is 0 Å². The number of aromatic nitrogens is 5. The summed E-state index contributed by atoms with van der Waals surface area (Å²) in [5.74, 6) is 0.586. The second-order valence-corrected chi connectivity index (χ2v) is 5.24. The first-order valence-corrected chi connectivity index (χ1v) is 6.94. The van der Waals surface area contributed by atoms with Crippen molar-refractivity contribution in [1.82, 2.24) is 24.3 Å². The molecule has 0 spiro atoms. The summed E-state index contributed by atoms with van der Waals surface area (Å²) in [6.07, 6.45) is 6.37. The Morgan fingerprint density at radius 2 is 2.00 bits per heavy atom. The van der Waals surface area contributed by atoms with Crippen LogP contribution < -0.4 is 0 Å². The molecule has 3 rings (SSSR count). The lowest BCUT2D eigenvalue weighted by Crippen LogP contribution is -2.33. The number of rotatable bonds is 4. The lowest BCUT2D eigenvalue weighted by Gasteiger charge is -2.25. The van der Waals surface area contributed by atoms with Crippen molar-refractivity contribution in [2.45, 2.75) is 5.60 Å². The predicted octanol–water partition coefficient (Wildman–Crippen LogP) is 2.05. The molecular formula is C15H14ClN5O. The minimum Gasteiger partial charge on any atom is -0.371 e. The van der Waals surface area contributed by atoms with E-state index >= 15 is 0 Å². The van der Waals surface area contributed by atoms with Crippen molar-refractivity contribution in [2.24, 2.45) is 7.05 Å². The van der Waals surface area contributed by atoms with Crippen LogP contribution in [0.3, 0.4) is 0 Å². The summed E-state index contributed by atoms with van der Waals surface area (Å²) in [5, 5.41) is 16.2. The summed E-state index contributed by atoms with van der Waals surface area (Å²) in [7, 11) is 1.73. The number of aliphatic hydroxyl groups is 1. The zero-order chi connectivity index (χ0) is 15.7. The highest BCUT2D eigenvalue weighted by atomic mass is 35.5. The maximum absolute atomic E-state index is 11.4. The van der Waals surface area contributed by atoms with Crippen LogP contribution >= 0.6 is 11.6 Å². The Hall–Kier alpha value is -2.44. The van der Waals surface area contributed by atoms with Gasteiger partial charge in [-0.2, -0.15) is 5.10 Å². The van der Waals surface area contributed by atoms with E-state index in [-0.39, 0.29) is 5.82 Å². The number of benzene rings is 1. The van der Waals surface area contributed by atoms with Gasteiger partial charge in [0.15, 0.2) is 11.6 Å². The third-order valence-corrected chi connectivity index (χ3v) is 3.63. The molecule has 2 aromatic heterocycles. The van der Waals surface area contributed by atoms with E-state index in [1.807, 2.05) is 0 Å². The SMILES string of the molecule is C=Cn1ccnc1C(O)(c1ccc(Cl)cc1)c1ncn(C)n1. The van der Waals surface area contributed by atoms with Gasteiger partial charge in [-0.25, -0.2) is 9.97 Å². The summed E-state index contributed by atoms with van der Waals surface area (Å²) >= 11 is 5.94. The smallest absolute Gasteiger partial charge is 0.210 e. The Bertz CT molecular complexity index is 807.